The van der Waals surface area contributed by atoms with Crippen molar-refractivity contribution in [3.8, 4) is 0 Å². The number of nitrogens with one attached hydrogen (secondary N) is 2. The van der Waals surface area contributed by atoms with E-state index in [9.17, 15) is 0 Å². The maximum absolute atomic E-state index is 4.72. The second-order valence-electron chi connectivity index (χ2n) is 5.25. The minimum absolute atomic E-state index is 0.477. The maximum Gasteiger partial charge on any atom is 0.246 e. The smallest absolute Gasteiger partial charge is 0.246 e. The van der Waals surface area contributed by atoms with E-state index in [-0.39, 0.29) is 0 Å². The number of anilines is 2. The van der Waals surface area contributed by atoms with Crippen LogP contribution in [0.1, 0.15) is 26.3 Å². The fraction of sp³-hybridized carbons (Fsp3) is 0.833. The van der Waals surface area contributed by atoms with E-state index in [0.717, 1.165) is 51.0 Å². The van der Waals surface area contributed by atoms with Gasteiger partial charge in [0.15, 0.2) is 0 Å². The monoisotopic (exact) mass is 250 g/mol. The van der Waals surface area contributed by atoms with Crippen molar-refractivity contribution in [1.82, 2.24) is 20.1 Å². The number of hydrogen-bond donors (Lipinski definition) is 2. The predicted octanol–water partition coefficient (Wildman–Crippen LogP) is 0.700. The minimum Gasteiger partial charge on any atom is -0.354 e. The van der Waals surface area contributed by atoms with Crippen LogP contribution in [0.25, 0.3) is 0 Å². The van der Waals surface area contributed by atoms with Gasteiger partial charge in [-0.2, -0.15) is 4.98 Å². The van der Waals surface area contributed by atoms with Gasteiger partial charge in [0.05, 0.1) is 6.04 Å². The Morgan fingerprint density at radius 2 is 2.11 bits per heavy atom. The first-order valence-electron chi connectivity index (χ1n) is 6.95. The highest BCUT2D eigenvalue weighted by Gasteiger charge is 2.28. The molecule has 1 aromatic rings. The number of rotatable bonds is 2. The van der Waals surface area contributed by atoms with E-state index in [0.29, 0.717) is 12.0 Å². The van der Waals surface area contributed by atoms with Crippen LogP contribution in [-0.4, -0.2) is 47.5 Å². The third-order valence-electron chi connectivity index (χ3n) is 3.99. The highest BCUT2D eigenvalue weighted by Crippen LogP contribution is 2.30. The molecular weight excluding hydrogens is 228 g/mol. The zero-order valence-electron chi connectivity index (χ0n) is 11.2. The van der Waals surface area contributed by atoms with Gasteiger partial charge in [-0.1, -0.05) is 13.8 Å². The van der Waals surface area contributed by atoms with E-state index < -0.39 is 0 Å². The summed E-state index contributed by atoms with van der Waals surface area (Å²) >= 11 is 0. The molecule has 0 aromatic carbocycles. The van der Waals surface area contributed by atoms with Gasteiger partial charge in [-0.15, -0.1) is 5.10 Å². The molecule has 100 valence electrons. The number of piperazine rings is 1. The van der Waals surface area contributed by atoms with Crippen molar-refractivity contribution in [3.05, 3.63) is 0 Å². The second-order valence-corrected chi connectivity index (χ2v) is 5.25. The van der Waals surface area contributed by atoms with Crippen molar-refractivity contribution < 1.29 is 0 Å². The lowest BCUT2D eigenvalue weighted by Gasteiger charge is -2.29. The molecule has 0 amide bonds. The fourth-order valence-electron chi connectivity index (χ4n) is 2.87. The standard InChI is InChI=1S/C12H22N6/c1-3-10-9(2)8-14-11-15-12(16-18(10)11)17-6-4-13-5-7-17/h9-10,13H,3-8H2,1-2H3,(H,14,15,16). The number of fused-ring (bicyclic) bond motifs is 1. The molecule has 2 N–H and O–H groups in total. The molecule has 0 spiro atoms. The lowest BCUT2D eigenvalue weighted by atomic mass is 9.98. The summed E-state index contributed by atoms with van der Waals surface area (Å²) in [5, 5.41) is 11.5. The molecule has 0 bridgehead atoms. The Hall–Kier alpha value is -1.30. The van der Waals surface area contributed by atoms with Crippen LogP contribution in [0.5, 0.6) is 0 Å². The second kappa shape index (κ2) is 4.76. The average Bonchev–Trinajstić information content (AvgIpc) is 2.84. The molecule has 6 heteroatoms. The third kappa shape index (κ3) is 1.94. The van der Waals surface area contributed by atoms with Crippen LogP contribution in [0, 0.1) is 5.92 Å². The molecule has 0 aliphatic carbocycles. The number of hydrogen-bond acceptors (Lipinski definition) is 5. The Kier molecular flexibility index (Phi) is 3.11. The maximum atomic E-state index is 4.72. The molecule has 1 saturated heterocycles. The zero-order chi connectivity index (χ0) is 12.5. The highest BCUT2D eigenvalue weighted by molar-refractivity contribution is 5.40. The molecule has 1 fully saturated rings. The van der Waals surface area contributed by atoms with Crippen LogP contribution in [-0.2, 0) is 0 Å². The Balaban J connectivity index is 1.86. The lowest BCUT2D eigenvalue weighted by Crippen LogP contribution is -2.44. The largest absolute Gasteiger partial charge is 0.354 e. The summed E-state index contributed by atoms with van der Waals surface area (Å²) in [4.78, 5) is 6.91. The fourth-order valence-corrected chi connectivity index (χ4v) is 2.87. The molecule has 2 atom stereocenters. The quantitative estimate of drug-likeness (QED) is 0.809. The lowest BCUT2D eigenvalue weighted by molar-refractivity contribution is 0.312. The molecular formula is C12H22N6. The molecule has 6 nitrogen and oxygen atoms in total. The van der Waals surface area contributed by atoms with Crippen LogP contribution in [0.3, 0.4) is 0 Å². The number of nitrogens with zero attached hydrogens (tertiary/aromatic N) is 4. The summed E-state index contributed by atoms with van der Waals surface area (Å²) in [5.41, 5.74) is 0. The van der Waals surface area contributed by atoms with E-state index >= 15 is 0 Å². The van der Waals surface area contributed by atoms with Gasteiger partial charge in [-0.05, 0) is 12.3 Å². The first kappa shape index (κ1) is 11.8. The summed E-state index contributed by atoms with van der Waals surface area (Å²) in [5.74, 6) is 2.43. The van der Waals surface area contributed by atoms with E-state index in [2.05, 4.69) is 39.0 Å². The molecule has 18 heavy (non-hydrogen) atoms. The average molecular weight is 250 g/mol. The van der Waals surface area contributed by atoms with Crippen LogP contribution in [0.4, 0.5) is 11.9 Å². The summed E-state index contributed by atoms with van der Waals surface area (Å²) in [6, 6.07) is 0.477. The molecule has 3 heterocycles. The van der Waals surface area contributed by atoms with Gasteiger partial charge in [0.1, 0.15) is 0 Å². The first-order valence-corrected chi connectivity index (χ1v) is 6.95. The van der Waals surface area contributed by atoms with Gasteiger partial charge in [-0.25, -0.2) is 4.68 Å². The normalized spacial score (nSPS) is 27.8. The highest BCUT2D eigenvalue weighted by atomic mass is 15.5. The molecule has 2 aliphatic heterocycles. The van der Waals surface area contributed by atoms with Crippen molar-refractivity contribution >= 4 is 11.9 Å². The van der Waals surface area contributed by atoms with Gasteiger partial charge in [0.2, 0.25) is 11.9 Å². The summed E-state index contributed by atoms with van der Waals surface area (Å²) < 4.78 is 2.09. The molecule has 0 radical (unpaired) electrons. The van der Waals surface area contributed by atoms with E-state index in [1.807, 2.05) is 0 Å². The van der Waals surface area contributed by atoms with Crippen LogP contribution >= 0.6 is 0 Å². The van der Waals surface area contributed by atoms with E-state index in [1.54, 1.807) is 0 Å². The summed E-state index contributed by atoms with van der Waals surface area (Å²) in [7, 11) is 0. The number of aromatic nitrogens is 3. The molecule has 2 unspecified atom stereocenters. The Bertz CT molecular complexity index is 409. The molecule has 2 aliphatic rings. The molecule has 3 rings (SSSR count). The Labute approximate surface area is 108 Å². The van der Waals surface area contributed by atoms with Gasteiger partial charge < -0.3 is 15.5 Å². The van der Waals surface area contributed by atoms with E-state index in [4.69, 9.17) is 5.10 Å². The van der Waals surface area contributed by atoms with Gasteiger partial charge in [0, 0.05) is 32.7 Å². The summed E-state index contributed by atoms with van der Waals surface area (Å²) in [6.07, 6.45) is 1.11. The molecule has 1 aromatic heterocycles. The van der Waals surface area contributed by atoms with Crippen LogP contribution in [0.2, 0.25) is 0 Å². The van der Waals surface area contributed by atoms with Crippen molar-refractivity contribution in [1.29, 1.82) is 0 Å². The van der Waals surface area contributed by atoms with Gasteiger partial charge >= 0.3 is 0 Å². The zero-order valence-corrected chi connectivity index (χ0v) is 11.2. The SMILES string of the molecule is CCC1C(C)CNc2nc(N3CCNCC3)nn21. The van der Waals surface area contributed by atoms with Crippen molar-refractivity contribution in [2.24, 2.45) is 5.92 Å². The van der Waals surface area contributed by atoms with Gasteiger partial charge in [-0.3, -0.25) is 0 Å². The third-order valence-corrected chi connectivity index (χ3v) is 3.99. The Morgan fingerprint density at radius 3 is 2.83 bits per heavy atom. The predicted molar refractivity (Wildman–Crippen MR) is 72.1 cm³/mol. The van der Waals surface area contributed by atoms with Gasteiger partial charge in [0.25, 0.3) is 0 Å². The molecule has 0 saturated carbocycles. The minimum atomic E-state index is 0.477. The van der Waals surface area contributed by atoms with Crippen molar-refractivity contribution in [2.45, 2.75) is 26.3 Å². The van der Waals surface area contributed by atoms with Crippen LogP contribution in [0.15, 0.2) is 0 Å². The summed E-state index contributed by atoms with van der Waals surface area (Å²) in [6.45, 7) is 9.53. The van der Waals surface area contributed by atoms with Crippen LogP contribution < -0.4 is 15.5 Å². The topological polar surface area (TPSA) is 58.0 Å². The first-order chi connectivity index (χ1) is 8.79. The van der Waals surface area contributed by atoms with Crippen molar-refractivity contribution in [2.75, 3.05) is 42.9 Å². The van der Waals surface area contributed by atoms with Crippen molar-refractivity contribution in [3.63, 3.8) is 0 Å². The Morgan fingerprint density at radius 1 is 1.33 bits per heavy atom. The van der Waals surface area contributed by atoms with E-state index in [1.165, 1.54) is 0 Å².